The van der Waals surface area contributed by atoms with Crippen molar-refractivity contribution in [2.45, 2.75) is 32.1 Å². The molecule has 3 nitrogen and oxygen atoms in total. The Balaban J connectivity index is 1.92. The second-order valence-electron chi connectivity index (χ2n) is 4.94. The lowest BCUT2D eigenvalue weighted by Crippen LogP contribution is -2.00. The van der Waals surface area contributed by atoms with Crippen LogP contribution in [0.15, 0.2) is 0 Å². The van der Waals surface area contributed by atoms with Crippen molar-refractivity contribution in [2.75, 3.05) is 5.73 Å². The highest BCUT2D eigenvalue weighted by molar-refractivity contribution is 5.43. The Morgan fingerprint density at radius 2 is 1.93 bits per heavy atom. The molecule has 0 spiro atoms. The predicted molar refractivity (Wildman–Crippen MR) is 55.9 cm³/mol. The molecule has 0 aliphatic heterocycles. The average molecular weight is 191 g/mol. The molecule has 14 heavy (non-hydrogen) atoms. The van der Waals surface area contributed by atoms with E-state index in [1.54, 1.807) is 0 Å². The fourth-order valence-electron chi connectivity index (χ4n) is 2.99. The summed E-state index contributed by atoms with van der Waals surface area (Å²) in [6, 6.07) is 0. The third-order valence-electron chi connectivity index (χ3n) is 4.01. The molecule has 0 bridgehead atoms. The topological polar surface area (TPSA) is 43.8 Å². The first-order valence-corrected chi connectivity index (χ1v) is 5.45. The summed E-state index contributed by atoms with van der Waals surface area (Å²) in [7, 11) is 1.93. The third-order valence-corrected chi connectivity index (χ3v) is 4.01. The van der Waals surface area contributed by atoms with Crippen molar-refractivity contribution < 1.29 is 0 Å². The Labute approximate surface area is 84.3 Å². The Hall–Kier alpha value is -0.990. The van der Waals surface area contributed by atoms with Gasteiger partial charge < -0.3 is 5.73 Å². The summed E-state index contributed by atoms with van der Waals surface area (Å²) in [6.07, 6.45) is 4.17. The minimum atomic E-state index is 0.697. The molecule has 3 rings (SSSR count). The van der Waals surface area contributed by atoms with E-state index in [1.165, 1.54) is 30.5 Å². The van der Waals surface area contributed by atoms with Crippen molar-refractivity contribution >= 4 is 5.82 Å². The Kier molecular flexibility index (Phi) is 1.50. The van der Waals surface area contributed by atoms with Crippen molar-refractivity contribution in [3.8, 4) is 0 Å². The molecular weight excluding hydrogens is 174 g/mol. The molecular formula is C11H17N3. The van der Waals surface area contributed by atoms with E-state index in [9.17, 15) is 0 Å². The minimum absolute atomic E-state index is 0.697. The molecule has 0 saturated heterocycles. The lowest BCUT2D eigenvalue weighted by molar-refractivity contribution is 0.591. The highest BCUT2D eigenvalue weighted by atomic mass is 15.3. The number of fused-ring (bicyclic) bond motifs is 1. The van der Waals surface area contributed by atoms with Crippen LogP contribution in [0.4, 0.5) is 5.82 Å². The van der Waals surface area contributed by atoms with Crippen LogP contribution in [0.2, 0.25) is 0 Å². The number of anilines is 1. The van der Waals surface area contributed by atoms with Crippen LogP contribution in [0.5, 0.6) is 0 Å². The first-order chi connectivity index (χ1) is 6.66. The standard InChI is InChI=1S/C11H17N3/c1-6-10(13-14(2)11(6)12)9-4-7-3-8(7)5-9/h7-9H,3-5,12H2,1-2H3. The SMILES string of the molecule is Cc1c(C2CC3CC3C2)nn(C)c1N. The highest BCUT2D eigenvalue weighted by Gasteiger charge is 2.47. The van der Waals surface area contributed by atoms with Crippen LogP contribution in [-0.2, 0) is 7.05 Å². The first kappa shape index (κ1) is 8.33. The van der Waals surface area contributed by atoms with Gasteiger partial charge in [0, 0.05) is 18.5 Å². The Bertz CT molecular complexity index is 370. The molecule has 0 amide bonds. The molecule has 2 unspecified atom stereocenters. The molecule has 2 N–H and O–H groups in total. The van der Waals surface area contributed by atoms with E-state index in [1.807, 2.05) is 11.7 Å². The number of nitrogens with zero attached hydrogens (tertiary/aromatic N) is 2. The minimum Gasteiger partial charge on any atom is -0.384 e. The molecule has 2 saturated carbocycles. The summed E-state index contributed by atoms with van der Waals surface area (Å²) in [6.45, 7) is 2.10. The number of nitrogens with two attached hydrogens (primary N) is 1. The molecule has 1 aromatic heterocycles. The van der Waals surface area contributed by atoms with Crippen LogP contribution < -0.4 is 5.73 Å². The molecule has 1 aromatic rings. The number of aryl methyl sites for hydroxylation is 1. The summed E-state index contributed by atoms with van der Waals surface area (Å²) < 4.78 is 1.81. The van der Waals surface area contributed by atoms with Crippen LogP contribution in [0.25, 0.3) is 0 Å². The van der Waals surface area contributed by atoms with Crippen LogP contribution in [0.1, 0.15) is 36.4 Å². The summed E-state index contributed by atoms with van der Waals surface area (Å²) in [5, 5.41) is 4.54. The molecule has 1 heterocycles. The largest absolute Gasteiger partial charge is 0.384 e. The molecule has 2 aliphatic rings. The highest BCUT2D eigenvalue weighted by Crippen LogP contribution is 2.57. The van der Waals surface area contributed by atoms with E-state index in [0.29, 0.717) is 5.92 Å². The van der Waals surface area contributed by atoms with Crippen molar-refractivity contribution in [3.05, 3.63) is 11.3 Å². The van der Waals surface area contributed by atoms with Gasteiger partial charge in [-0.15, -0.1) is 0 Å². The van der Waals surface area contributed by atoms with Gasteiger partial charge in [0.2, 0.25) is 0 Å². The second kappa shape index (κ2) is 2.53. The van der Waals surface area contributed by atoms with Gasteiger partial charge in [-0.05, 0) is 38.0 Å². The van der Waals surface area contributed by atoms with Gasteiger partial charge >= 0.3 is 0 Å². The zero-order valence-corrected chi connectivity index (χ0v) is 8.83. The van der Waals surface area contributed by atoms with E-state index in [4.69, 9.17) is 5.73 Å². The normalized spacial score (nSPS) is 34.6. The van der Waals surface area contributed by atoms with E-state index in [2.05, 4.69) is 12.0 Å². The average Bonchev–Trinajstić information content (AvgIpc) is 2.70. The summed E-state index contributed by atoms with van der Waals surface area (Å²) in [5.41, 5.74) is 8.39. The maximum Gasteiger partial charge on any atom is 0.124 e. The fourth-order valence-corrected chi connectivity index (χ4v) is 2.99. The summed E-state index contributed by atoms with van der Waals surface area (Å²) in [5.74, 6) is 3.56. The summed E-state index contributed by atoms with van der Waals surface area (Å²) >= 11 is 0. The van der Waals surface area contributed by atoms with Gasteiger partial charge in [0.05, 0.1) is 5.69 Å². The van der Waals surface area contributed by atoms with Gasteiger partial charge in [0.25, 0.3) is 0 Å². The summed E-state index contributed by atoms with van der Waals surface area (Å²) in [4.78, 5) is 0. The number of aromatic nitrogens is 2. The zero-order valence-electron chi connectivity index (χ0n) is 8.83. The van der Waals surface area contributed by atoms with Gasteiger partial charge in [-0.2, -0.15) is 5.10 Å². The molecule has 0 aromatic carbocycles. The van der Waals surface area contributed by atoms with Gasteiger partial charge in [-0.3, -0.25) is 4.68 Å². The second-order valence-corrected chi connectivity index (χ2v) is 4.94. The first-order valence-electron chi connectivity index (χ1n) is 5.45. The zero-order chi connectivity index (χ0) is 9.87. The van der Waals surface area contributed by atoms with Gasteiger partial charge in [-0.25, -0.2) is 0 Å². The molecule has 2 atom stereocenters. The molecule has 0 radical (unpaired) electrons. The van der Waals surface area contributed by atoms with Crippen LogP contribution in [0.3, 0.4) is 0 Å². The lowest BCUT2D eigenvalue weighted by Gasteiger charge is -2.08. The van der Waals surface area contributed by atoms with E-state index in [-0.39, 0.29) is 0 Å². The third kappa shape index (κ3) is 1.01. The molecule has 2 fully saturated rings. The van der Waals surface area contributed by atoms with E-state index in [0.717, 1.165) is 17.7 Å². The number of nitrogen functional groups attached to an aromatic ring is 1. The van der Waals surface area contributed by atoms with Gasteiger partial charge in [-0.1, -0.05) is 0 Å². The quantitative estimate of drug-likeness (QED) is 0.736. The number of hydrogen-bond acceptors (Lipinski definition) is 2. The molecule has 3 heteroatoms. The number of hydrogen-bond donors (Lipinski definition) is 1. The molecule has 2 aliphatic carbocycles. The predicted octanol–water partition coefficient (Wildman–Crippen LogP) is 1.82. The van der Waals surface area contributed by atoms with Crippen molar-refractivity contribution in [1.82, 2.24) is 9.78 Å². The maximum absolute atomic E-state index is 5.92. The van der Waals surface area contributed by atoms with Gasteiger partial charge in [0.15, 0.2) is 0 Å². The van der Waals surface area contributed by atoms with Crippen LogP contribution in [0, 0.1) is 18.8 Å². The van der Waals surface area contributed by atoms with E-state index >= 15 is 0 Å². The monoisotopic (exact) mass is 191 g/mol. The Morgan fingerprint density at radius 3 is 2.43 bits per heavy atom. The van der Waals surface area contributed by atoms with Crippen molar-refractivity contribution in [3.63, 3.8) is 0 Å². The molecule has 76 valence electrons. The van der Waals surface area contributed by atoms with E-state index < -0.39 is 0 Å². The Morgan fingerprint density at radius 1 is 1.29 bits per heavy atom. The fraction of sp³-hybridized carbons (Fsp3) is 0.727. The van der Waals surface area contributed by atoms with Crippen LogP contribution in [-0.4, -0.2) is 9.78 Å². The number of rotatable bonds is 1. The van der Waals surface area contributed by atoms with Crippen molar-refractivity contribution in [1.29, 1.82) is 0 Å². The van der Waals surface area contributed by atoms with Gasteiger partial charge in [0.1, 0.15) is 5.82 Å². The van der Waals surface area contributed by atoms with Crippen molar-refractivity contribution in [2.24, 2.45) is 18.9 Å². The maximum atomic E-state index is 5.92. The smallest absolute Gasteiger partial charge is 0.124 e. The lowest BCUT2D eigenvalue weighted by atomic mass is 9.97. The van der Waals surface area contributed by atoms with Crippen LogP contribution >= 0.6 is 0 Å².